The molecule has 0 fully saturated rings. The second kappa shape index (κ2) is 11.3. The number of carbonyl (C=O) groups excluding carboxylic acids is 1. The lowest BCUT2D eigenvalue weighted by Crippen LogP contribution is -2.21. The number of carbonyl (C=O) groups is 1. The van der Waals surface area contributed by atoms with E-state index < -0.39 is 11.9 Å². The number of halogens is 1. The minimum Gasteiger partial charge on any atom is -0.490 e. The van der Waals surface area contributed by atoms with E-state index in [9.17, 15) is 14.4 Å². The average Bonchev–Trinajstić information content (AvgIpc) is 3.48. The number of esters is 1. The highest BCUT2D eigenvalue weighted by Crippen LogP contribution is 2.45. The number of benzene rings is 3. The summed E-state index contributed by atoms with van der Waals surface area (Å²) in [6.45, 7) is 2.48. The number of thiophene rings is 1. The molecule has 9 heteroatoms. The van der Waals surface area contributed by atoms with Crippen LogP contribution in [0.1, 0.15) is 39.2 Å². The molecule has 0 bridgehead atoms. The van der Waals surface area contributed by atoms with Gasteiger partial charge in [-0.25, -0.2) is 9.18 Å². The lowest BCUT2D eigenvalue weighted by molar-refractivity contribution is 0.0739. The summed E-state index contributed by atoms with van der Waals surface area (Å²) < 4.78 is 36.3. The van der Waals surface area contributed by atoms with E-state index in [1.165, 1.54) is 23.5 Å². The van der Waals surface area contributed by atoms with E-state index in [1.807, 2.05) is 13.0 Å². The molecule has 2 N–H and O–H groups in total. The Bertz CT molecular complexity index is 1580. The standard InChI is InChI=1S/C30H23FN2O5S/c1-2-35-26-14-19(7-12-24(26)36-17-18-5-8-20(31)9-6-18)28-22-11-10-21(37-30(34)27-4-3-13-39-27)15-25(22)38-29(33)23(28)16-32/h3-15,28H,2,17,33H2,1H3. The molecule has 0 saturated carbocycles. The first kappa shape index (κ1) is 25.8. The molecule has 2 heterocycles. The summed E-state index contributed by atoms with van der Waals surface area (Å²) in [6, 6.07) is 22.1. The van der Waals surface area contributed by atoms with Gasteiger partial charge in [0.05, 0.1) is 12.5 Å². The van der Waals surface area contributed by atoms with Crippen LogP contribution in [0.5, 0.6) is 23.0 Å². The number of nitrogens with zero attached hydrogens (tertiary/aromatic N) is 1. The van der Waals surface area contributed by atoms with Crippen LogP contribution in [0, 0.1) is 17.1 Å². The molecule has 4 aromatic rings. The van der Waals surface area contributed by atoms with Gasteiger partial charge in [0.2, 0.25) is 5.88 Å². The molecule has 3 aromatic carbocycles. The molecule has 39 heavy (non-hydrogen) atoms. The molecule has 0 spiro atoms. The fourth-order valence-corrected chi connectivity index (χ4v) is 4.83. The minimum absolute atomic E-state index is 0.0358. The molecular weight excluding hydrogens is 519 g/mol. The van der Waals surface area contributed by atoms with Crippen molar-refractivity contribution in [3.8, 4) is 29.1 Å². The fraction of sp³-hybridized carbons (Fsp3) is 0.133. The van der Waals surface area contributed by atoms with E-state index in [0.29, 0.717) is 40.0 Å². The SMILES string of the molecule is CCOc1cc(C2C(C#N)=C(N)Oc3cc(OC(=O)c4cccs4)ccc32)ccc1OCc1ccc(F)cc1. The molecule has 1 aliphatic rings. The molecule has 0 aliphatic carbocycles. The third-order valence-corrected chi connectivity index (χ3v) is 6.88. The van der Waals surface area contributed by atoms with E-state index in [0.717, 1.165) is 11.1 Å². The maximum Gasteiger partial charge on any atom is 0.353 e. The molecule has 5 rings (SSSR count). The molecule has 1 atom stereocenters. The number of nitrogens with two attached hydrogens (primary N) is 1. The zero-order valence-corrected chi connectivity index (χ0v) is 21.7. The van der Waals surface area contributed by atoms with Crippen molar-refractivity contribution >= 4 is 17.3 Å². The molecule has 7 nitrogen and oxygen atoms in total. The number of hydrogen-bond acceptors (Lipinski definition) is 8. The van der Waals surface area contributed by atoms with Crippen LogP contribution >= 0.6 is 11.3 Å². The third kappa shape index (κ3) is 5.56. The summed E-state index contributed by atoms with van der Waals surface area (Å²) in [5.74, 6) is 0.282. The molecule has 1 aromatic heterocycles. The monoisotopic (exact) mass is 542 g/mol. The highest BCUT2D eigenvalue weighted by molar-refractivity contribution is 7.12. The number of hydrogen-bond donors (Lipinski definition) is 1. The van der Waals surface area contributed by atoms with Crippen molar-refractivity contribution in [2.24, 2.45) is 5.73 Å². The first-order valence-corrected chi connectivity index (χ1v) is 13.0. The smallest absolute Gasteiger partial charge is 0.353 e. The second-order valence-electron chi connectivity index (χ2n) is 8.55. The van der Waals surface area contributed by atoms with Crippen LogP contribution < -0.4 is 24.7 Å². The summed E-state index contributed by atoms with van der Waals surface area (Å²) in [4.78, 5) is 12.9. The van der Waals surface area contributed by atoms with E-state index in [4.69, 9.17) is 24.7 Å². The van der Waals surface area contributed by atoms with Gasteiger partial charge in [0, 0.05) is 11.6 Å². The van der Waals surface area contributed by atoms with Crippen LogP contribution in [-0.4, -0.2) is 12.6 Å². The number of allylic oxidation sites excluding steroid dienone is 1. The van der Waals surface area contributed by atoms with Gasteiger partial charge in [-0.3, -0.25) is 0 Å². The number of ether oxygens (including phenoxy) is 4. The van der Waals surface area contributed by atoms with Crippen molar-refractivity contribution in [2.75, 3.05) is 6.61 Å². The Morgan fingerprint density at radius 2 is 1.90 bits per heavy atom. The fourth-order valence-electron chi connectivity index (χ4n) is 4.23. The Morgan fingerprint density at radius 1 is 1.08 bits per heavy atom. The number of nitriles is 1. The Labute approximate surface area is 228 Å². The zero-order chi connectivity index (χ0) is 27.4. The van der Waals surface area contributed by atoms with E-state index >= 15 is 0 Å². The second-order valence-corrected chi connectivity index (χ2v) is 9.49. The zero-order valence-electron chi connectivity index (χ0n) is 20.8. The van der Waals surface area contributed by atoms with Gasteiger partial charge in [-0.1, -0.05) is 30.3 Å². The number of rotatable bonds is 8. The largest absolute Gasteiger partial charge is 0.490 e. The van der Waals surface area contributed by atoms with Gasteiger partial charge in [0.25, 0.3) is 0 Å². The Hall–Kier alpha value is -4.81. The Morgan fingerprint density at radius 3 is 2.62 bits per heavy atom. The van der Waals surface area contributed by atoms with Crippen molar-refractivity contribution in [3.05, 3.63) is 117 Å². The average molecular weight is 543 g/mol. The van der Waals surface area contributed by atoms with Crippen LogP contribution in [0.4, 0.5) is 4.39 Å². The molecule has 0 radical (unpaired) electrons. The van der Waals surface area contributed by atoms with E-state index in [2.05, 4.69) is 6.07 Å². The summed E-state index contributed by atoms with van der Waals surface area (Å²) in [5.41, 5.74) is 8.62. The maximum atomic E-state index is 13.2. The normalized spacial score (nSPS) is 14.1. The van der Waals surface area contributed by atoms with Crippen LogP contribution in [0.25, 0.3) is 0 Å². The van der Waals surface area contributed by atoms with Crippen molar-refractivity contribution in [2.45, 2.75) is 19.4 Å². The van der Waals surface area contributed by atoms with Crippen molar-refractivity contribution in [1.29, 1.82) is 5.26 Å². The van der Waals surface area contributed by atoms with Gasteiger partial charge in [0.15, 0.2) is 11.5 Å². The maximum absolute atomic E-state index is 13.2. The van der Waals surface area contributed by atoms with Gasteiger partial charge in [-0.15, -0.1) is 11.3 Å². The van der Waals surface area contributed by atoms with Crippen molar-refractivity contribution < 1.29 is 28.1 Å². The van der Waals surface area contributed by atoms with Gasteiger partial charge < -0.3 is 24.7 Å². The molecule has 1 aliphatic heterocycles. The summed E-state index contributed by atoms with van der Waals surface area (Å²) in [7, 11) is 0. The lowest BCUT2D eigenvalue weighted by Gasteiger charge is -2.27. The van der Waals surface area contributed by atoms with Crippen LogP contribution in [-0.2, 0) is 6.61 Å². The van der Waals surface area contributed by atoms with Crippen molar-refractivity contribution in [1.82, 2.24) is 0 Å². The van der Waals surface area contributed by atoms with E-state index in [-0.39, 0.29) is 23.9 Å². The first-order chi connectivity index (χ1) is 19.0. The quantitative estimate of drug-likeness (QED) is 0.206. The molecule has 1 unspecified atom stereocenters. The first-order valence-electron chi connectivity index (χ1n) is 12.1. The highest BCUT2D eigenvalue weighted by Gasteiger charge is 2.32. The van der Waals surface area contributed by atoms with Gasteiger partial charge >= 0.3 is 5.97 Å². The van der Waals surface area contributed by atoms with Gasteiger partial charge in [-0.05, 0) is 59.8 Å². The summed E-state index contributed by atoms with van der Waals surface area (Å²) in [5, 5.41) is 11.7. The predicted octanol–water partition coefficient (Wildman–Crippen LogP) is 6.30. The highest BCUT2D eigenvalue weighted by atomic mass is 32.1. The summed E-state index contributed by atoms with van der Waals surface area (Å²) in [6.07, 6.45) is 0. The lowest BCUT2D eigenvalue weighted by atomic mass is 9.83. The van der Waals surface area contributed by atoms with E-state index in [1.54, 1.807) is 60.0 Å². The van der Waals surface area contributed by atoms with Crippen LogP contribution in [0.3, 0.4) is 0 Å². The van der Waals surface area contributed by atoms with Gasteiger partial charge in [0.1, 0.15) is 40.4 Å². The van der Waals surface area contributed by atoms with Crippen LogP contribution in [0.2, 0.25) is 0 Å². The van der Waals surface area contributed by atoms with Crippen LogP contribution in [0.15, 0.2) is 89.6 Å². The Kier molecular flexibility index (Phi) is 7.48. The molecular formula is C30H23FN2O5S. The summed E-state index contributed by atoms with van der Waals surface area (Å²) >= 11 is 1.28. The molecule has 0 saturated heterocycles. The van der Waals surface area contributed by atoms with Gasteiger partial charge in [-0.2, -0.15) is 5.26 Å². The Balaban J connectivity index is 1.45. The molecule has 0 amide bonds. The van der Waals surface area contributed by atoms with Crippen molar-refractivity contribution in [3.63, 3.8) is 0 Å². The predicted molar refractivity (Wildman–Crippen MR) is 143 cm³/mol. The number of fused-ring (bicyclic) bond motifs is 1. The topological polar surface area (TPSA) is 104 Å². The minimum atomic E-state index is -0.550. The molecule has 196 valence electrons. The third-order valence-electron chi connectivity index (χ3n) is 6.03.